The predicted molar refractivity (Wildman–Crippen MR) is 102 cm³/mol. The Bertz CT molecular complexity index is 875. The Morgan fingerprint density at radius 2 is 1.64 bits per heavy atom. The lowest BCUT2D eigenvalue weighted by Crippen LogP contribution is -2.41. The lowest BCUT2D eigenvalue weighted by molar-refractivity contribution is -0.143. The van der Waals surface area contributed by atoms with E-state index in [1.54, 1.807) is 20.8 Å². The number of ether oxygens (including phenoxy) is 2. The van der Waals surface area contributed by atoms with Gasteiger partial charge in [0.05, 0.1) is 29.6 Å². The second-order valence-corrected chi connectivity index (χ2v) is 10.3. The van der Waals surface area contributed by atoms with Crippen LogP contribution in [0.3, 0.4) is 0 Å². The molecule has 11 heteroatoms. The molecule has 28 heavy (non-hydrogen) atoms. The van der Waals surface area contributed by atoms with Crippen molar-refractivity contribution in [3.05, 3.63) is 24.3 Å². The van der Waals surface area contributed by atoms with E-state index in [9.17, 15) is 21.6 Å². The molecule has 1 aromatic carbocycles. The fraction of sp³-hybridized carbons (Fsp3) is 0.588. The van der Waals surface area contributed by atoms with Gasteiger partial charge in [-0.05, 0) is 45.0 Å². The molecule has 0 aliphatic carbocycles. The Hall–Kier alpha value is -1.53. The van der Waals surface area contributed by atoms with Crippen LogP contribution in [-0.4, -0.2) is 76.9 Å². The third-order valence-electron chi connectivity index (χ3n) is 4.20. The molecule has 1 fully saturated rings. The molecule has 1 heterocycles. The first-order chi connectivity index (χ1) is 13.1. The number of rotatable bonds is 8. The number of nitrogens with zero attached hydrogens (tertiary/aromatic N) is 2. The summed E-state index contributed by atoms with van der Waals surface area (Å²) in [5.74, 6) is -0.647. The van der Waals surface area contributed by atoms with Crippen molar-refractivity contribution >= 4 is 26.0 Å². The van der Waals surface area contributed by atoms with Crippen LogP contribution < -0.4 is 0 Å². The number of hydrogen-bond acceptors (Lipinski definition) is 7. The smallest absolute Gasteiger partial charge is 0.321 e. The second-order valence-electron chi connectivity index (χ2n) is 6.44. The number of benzene rings is 1. The highest BCUT2D eigenvalue weighted by Gasteiger charge is 2.31. The van der Waals surface area contributed by atoms with E-state index in [4.69, 9.17) is 9.47 Å². The maximum Gasteiger partial charge on any atom is 0.321 e. The normalized spacial score (nSPS) is 16.5. The summed E-state index contributed by atoms with van der Waals surface area (Å²) in [5, 5.41) is 0. The molecule has 1 aromatic rings. The number of carbonyl (C=O) groups excluding carboxylic acids is 1. The minimum atomic E-state index is -4.00. The standard InChI is InChI=1S/C17H26N2O7S2/c1-4-26-17(20)13-19(14(2)3)28(23,24)16-7-5-15(6-8-16)27(21,22)18-9-11-25-12-10-18/h5-8,14H,4,9-13H2,1-3H3. The number of esters is 1. The van der Waals surface area contributed by atoms with Crippen molar-refractivity contribution in [2.24, 2.45) is 0 Å². The molecule has 0 saturated carbocycles. The van der Waals surface area contributed by atoms with Crippen LogP contribution in [0.4, 0.5) is 0 Å². The molecule has 0 N–H and O–H groups in total. The molecule has 158 valence electrons. The summed E-state index contributed by atoms with van der Waals surface area (Å²) < 4.78 is 63.5. The van der Waals surface area contributed by atoms with Crippen molar-refractivity contribution in [2.75, 3.05) is 39.5 Å². The van der Waals surface area contributed by atoms with Gasteiger partial charge in [-0.25, -0.2) is 16.8 Å². The zero-order valence-electron chi connectivity index (χ0n) is 16.2. The minimum absolute atomic E-state index is 0.00911. The SMILES string of the molecule is CCOC(=O)CN(C(C)C)S(=O)(=O)c1ccc(S(=O)(=O)N2CCOCC2)cc1. The van der Waals surface area contributed by atoms with Gasteiger partial charge < -0.3 is 9.47 Å². The minimum Gasteiger partial charge on any atom is -0.465 e. The summed E-state index contributed by atoms with van der Waals surface area (Å²) in [7, 11) is -7.71. The topological polar surface area (TPSA) is 110 Å². The van der Waals surface area contributed by atoms with Crippen molar-refractivity contribution in [1.29, 1.82) is 0 Å². The van der Waals surface area contributed by atoms with Crippen LogP contribution in [0.2, 0.25) is 0 Å². The summed E-state index contributed by atoms with van der Waals surface area (Å²) in [6.45, 7) is 5.82. The van der Waals surface area contributed by atoms with Crippen LogP contribution in [0, 0.1) is 0 Å². The van der Waals surface area contributed by atoms with Gasteiger partial charge in [0.25, 0.3) is 0 Å². The first kappa shape index (κ1) is 22.8. The molecule has 2 rings (SSSR count). The molecule has 0 unspecified atom stereocenters. The third kappa shape index (κ3) is 5.09. The van der Waals surface area contributed by atoms with Crippen molar-refractivity contribution in [3.63, 3.8) is 0 Å². The Balaban J connectivity index is 2.27. The van der Waals surface area contributed by atoms with E-state index in [-0.39, 0.29) is 29.5 Å². The largest absolute Gasteiger partial charge is 0.465 e. The Labute approximate surface area is 166 Å². The number of hydrogen-bond donors (Lipinski definition) is 0. The van der Waals surface area contributed by atoms with Gasteiger partial charge in [0.1, 0.15) is 6.54 Å². The zero-order chi connectivity index (χ0) is 20.9. The molecule has 0 amide bonds. The molecule has 0 atom stereocenters. The van der Waals surface area contributed by atoms with Gasteiger partial charge >= 0.3 is 5.97 Å². The Kier molecular flexibility index (Phi) is 7.57. The van der Waals surface area contributed by atoms with Gasteiger partial charge in [-0.15, -0.1) is 0 Å². The molecular formula is C17H26N2O7S2. The summed E-state index contributed by atoms with van der Waals surface area (Å²) >= 11 is 0. The summed E-state index contributed by atoms with van der Waals surface area (Å²) in [5.41, 5.74) is 0. The average Bonchev–Trinajstić information content (AvgIpc) is 2.67. The van der Waals surface area contributed by atoms with Gasteiger partial charge in [-0.1, -0.05) is 0 Å². The zero-order valence-corrected chi connectivity index (χ0v) is 17.8. The first-order valence-electron chi connectivity index (χ1n) is 8.96. The summed E-state index contributed by atoms with van der Waals surface area (Å²) in [6, 6.07) is 4.53. The molecule has 1 aliphatic rings. The first-order valence-corrected chi connectivity index (χ1v) is 11.8. The maximum atomic E-state index is 12.9. The van der Waals surface area contributed by atoms with Crippen LogP contribution in [0.5, 0.6) is 0 Å². The van der Waals surface area contributed by atoms with E-state index in [1.807, 2.05) is 0 Å². The average molecular weight is 435 g/mol. The second kappa shape index (κ2) is 9.31. The van der Waals surface area contributed by atoms with Crippen LogP contribution in [0.15, 0.2) is 34.1 Å². The molecule has 1 saturated heterocycles. The maximum absolute atomic E-state index is 12.9. The van der Waals surface area contributed by atoms with Crippen molar-refractivity contribution < 1.29 is 31.1 Å². The lowest BCUT2D eigenvalue weighted by Gasteiger charge is -2.26. The summed E-state index contributed by atoms with van der Waals surface area (Å²) in [4.78, 5) is 11.7. The number of sulfonamides is 2. The van der Waals surface area contributed by atoms with Crippen LogP contribution in [0.25, 0.3) is 0 Å². The fourth-order valence-corrected chi connectivity index (χ4v) is 5.72. The highest BCUT2D eigenvalue weighted by molar-refractivity contribution is 7.89. The fourth-order valence-electron chi connectivity index (χ4n) is 2.73. The van der Waals surface area contributed by atoms with E-state index in [1.165, 1.54) is 28.6 Å². The van der Waals surface area contributed by atoms with E-state index < -0.39 is 38.6 Å². The molecular weight excluding hydrogens is 408 g/mol. The van der Waals surface area contributed by atoms with Gasteiger partial charge in [-0.2, -0.15) is 8.61 Å². The highest BCUT2D eigenvalue weighted by atomic mass is 32.2. The van der Waals surface area contributed by atoms with Crippen LogP contribution in [-0.2, 0) is 34.3 Å². The third-order valence-corrected chi connectivity index (χ3v) is 8.15. The molecule has 0 spiro atoms. The molecule has 1 aliphatic heterocycles. The molecule has 0 aromatic heterocycles. The molecule has 0 bridgehead atoms. The Morgan fingerprint density at radius 1 is 1.11 bits per heavy atom. The van der Waals surface area contributed by atoms with Gasteiger partial charge in [0, 0.05) is 19.1 Å². The molecule has 0 radical (unpaired) electrons. The quantitative estimate of drug-likeness (QED) is 0.553. The predicted octanol–water partition coefficient (Wildman–Crippen LogP) is 0.670. The van der Waals surface area contributed by atoms with Gasteiger partial charge in [0.15, 0.2) is 0 Å². The number of carbonyl (C=O) groups is 1. The summed E-state index contributed by atoms with van der Waals surface area (Å²) in [6.07, 6.45) is 0. The van der Waals surface area contributed by atoms with E-state index in [0.717, 1.165) is 4.31 Å². The van der Waals surface area contributed by atoms with Crippen molar-refractivity contribution in [1.82, 2.24) is 8.61 Å². The van der Waals surface area contributed by atoms with E-state index in [2.05, 4.69) is 0 Å². The lowest BCUT2D eigenvalue weighted by atomic mass is 10.4. The van der Waals surface area contributed by atoms with Crippen molar-refractivity contribution in [2.45, 2.75) is 36.6 Å². The van der Waals surface area contributed by atoms with Crippen LogP contribution >= 0.6 is 0 Å². The highest BCUT2D eigenvalue weighted by Crippen LogP contribution is 2.22. The van der Waals surface area contributed by atoms with Gasteiger partial charge in [-0.3, -0.25) is 4.79 Å². The Morgan fingerprint density at radius 3 is 2.14 bits per heavy atom. The van der Waals surface area contributed by atoms with E-state index >= 15 is 0 Å². The van der Waals surface area contributed by atoms with Gasteiger partial charge in [0.2, 0.25) is 20.0 Å². The van der Waals surface area contributed by atoms with Crippen molar-refractivity contribution in [3.8, 4) is 0 Å². The molecule has 9 nitrogen and oxygen atoms in total. The van der Waals surface area contributed by atoms with E-state index in [0.29, 0.717) is 13.2 Å². The monoisotopic (exact) mass is 434 g/mol. The van der Waals surface area contributed by atoms with Crippen LogP contribution in [0.1, 0.15) is 20.8 Å². The number of morpholine rings is 1.